The average molecular weight is 197 g/mol. The van der Waals surface area contributed by atoms with Gasteiger partial charge in [-0.25, -0.2) is 9.97 Å². The number of hydrogen-bond donors (Lipinski definition) is 0. The lowest BCUT2D eigenvalue weighted by molar-refractivity contribution is 0.562. The van der Waals surface area contributed by atoms with Crippen LogP contribution >= 0.6 is 11.8 Å². The lowest BCUT2D eigenvalue weighted by Gasteiger charge is -2.00. The van der Waals surface area contributed by atoms with E-state index in [0.29, 0.717) is 10.7 Å². The molecule has 0 fully saturated rings. The molecule has 0 radical (unpaired) electrons. The fourth-order valence-corrected chi connectivity index (χ4v) is 1.70. The van der Waals surface area contributed by atoms with Crippen molar-refractivity contribution in [3.63, 3.8) is 0 Å². The Morgan fingerprint density at radius 3 is 3.00 bits per heavy atom. The van der Waals surface area contributed by atoms with Crippen molar-refractivity contribution in [1.82, 2.24) is 14.4 Å². The van der Waals surface area contributed by atoms with Crippen LogP contribution in [0.25, 0.3) is 5.65 Å². The Morgan fingerprint density at radius 2 is 2.31 bits per heavy atom. The summed E-state index contributed by atoms with van der Waals surface area (Å²) in [6.07, 6.45) is 4.90. The molecule has 0 unspecified atom stereocenters. The predicted molar refractivity (Wildman–Crippen MR) is 49.5 cm³/mol. The van der Waals surface area contributed by atoms with Gasteiger partial charge in [0.05, 0.1) is 6.20 Å². The Morgan fingerprint density at radius 1 is 1.54 bits per heavy atom. The standard InChI is InChI=1S/C8H8FN3S/c1-5-3-10-7-8(13-2)11-6(9)4-12(5)7/h3-4H,1-2H3. The highest BCUT2D eigenvalue weighted by molar-refractivity contribution is 7.98. The van der Waals surface area contributed by atoms with Gasteiger partial charge in [0.15, 0.2) is 5.65 Å². The number of rotatable bonds is 1. The van der Waals surface area contributed by atoms with Crippen molar-refractivity contribution in [3.05, 3.63) is 24.0 Å². The molecule has 0 aliphatic heterocycles. The molecule has 0 saturated heterocycles. The molecule has 2 aromatic heterocycles. The summed E-state index contributed by atoms with van der Waals surface area (Å²) in [4.78, 5) is 7.89. The van der Waals surface area contributed by atoms with Crippen LogP contribution in [0.1, 0.15) is 5.69 Å². The van der Waals surface area contributed by atoms with E-state index in [2.05, 4.69) is 9.97 Å². The Labute approximate surface area is 79.0 Å². The van der Waals surface area contributed by atoms with Crippen LogP contribution in [0.5, 0.6) is 0 Å². The van der Waals surface area contributed by atoms with E-state index < -0.39 is 5.95 Å². The third kappa shape index (κ3) is 1.29. The van der Waals surface area contributed by atoms with Crippen LogP contribution in [-0.4, -0.2) is 20.6 Å². The molecule has 0 amide bonds. The first-order chi connectivity index (χ1) is 6.22. The third-order valence-electron chi connectivity index (χ3n) is 1.81. The topological polar surface area (TPSA) is 30.2 Å². The second-order valence-corrected chi connectivity index (χ2v) is 3.46. The smallest absolute Gasteiger partial charge is 0.230 e. The van der Waals surface area contributed by atoms with Crippen LogP contribution in [0, 0.1) is 12.9 Å². The van der Waals surface area contributed by atoms with E-state index in [1.807, 2.05) is 13.2 Å². The first-order valence-electron chi connectivity index (χ1n) is 3.76. The number of nitrogens with zero attached hydrogens (tertiary/aromatic N) is 3. The van der Waals surface area contributed by atoms with Crippen LogP contribution in [-0.2, 0) is 0 Å². The molecule has 0 aliphatic carbocycles. The summed E-state index contributed by atoms with van der Waals surface area (Å²) in [5.74, 6) is -0.474. The van der Waals surface area contributed by atoms with Crippen LogP contribution in [0.2, 0.25) is 0 Å². The SMILES string of the molecule is CSc1nc(F)cn2c(C)cnc12. The summed E-state index contributed by atoms with van der Waals surface area (Å²) in [6, 6.07) is 0. The fraction of sp³-hybridized carbons (Fsp3) is 0.250. The maximum absolute atomic E-state index is 13.0. The zero-order chi connectivity index (χ0) is 9.42. The summed E-state index contributed by atoms with van der Waals surface area (Å²) in [5, 5.41) is 0.619. The van der Waals surface area contributed by atoms with Gasteiger partial charge in [0.1, 0.15) is 5.03 Å². The highest BCUT2D eigenvalue weighted by atomic mass is 32.2. The summed E-state index contributed by atoms with van der Waals surface area (Å²) in [6.45, 7) is 1.88. The van der Waals surface area contributed by atoms with Gasteiger partial charge in [-0.05, 0) is 13.2 Å². The van der Waals surface area contributed by atoms with E-state index in [0.717, 1.165) is 5.69 Å². The third-order valence-corrected chi connectivity index (χ3v) is 2.47. The van der Waals surface area contributed by atoms with Crippen molar-refractivity contribution in [2.45, 2.75) is 11.9 Å². The van der Waals surface area contributed by atoms with E-state index >= 15 is 0 Å². The van der Waals surface area contributed by atoms with Crippen LogP contribution in [0.15, 0.2) is 17.4 Å². The number of imidazole rings is 1. The molecule has 0 aromatic carbocycles. The maximum Gasteiger partial charge on any atom is 0.230 e. The summed E-state index contributed by atoms with van der Waals surface area (Å²) in [7, 11) is 0. The molecular formula is C8H8FN3S. The maximum atomic E-state index is 13.0. The molecule has 13 heavy (non-hydrogen) atoms. The van der Waals surface area contributed by atoms with E-state index in [1.165, 1.54) is 18.0 Å². The molecule has 2 heterocycles. The second kappa shape index (κ2) is 2.99. The molecule has 0 spiro atoms. The Bertz CT molecular complexity index is 452. The van der Waals surface area contributed by atoms with Crippen LogP contribution < -0.4 is 0 Å². The monoisotopic (exact) mass is 197 g/mol. The summed E-state index contributed by atoms with van der Waals surface area (Å²) < 4.78 is 14.7. The number of thioether (sulfide) groups is 1. The van der Waals surface area contributed by atoms with Gasteiger partial charge in [-0.3, -0.25) is 4.40 Å². The van der Waals surface area contributed by atoms with E-state index in [-0.39, 0.29) is 0 Å². The fourth-order valence-electron chi connectivity index (χ4n) is 1.19. The van der Waals surface area contributed by atoms with Crippen molar-refractivity contribution in [2.75, 3.05) is 6.26 Å². The quantitative estimate of drug-likeness (QED) is 0.654. The van der Waals surface area contributed by atoms with E-state index in [1.54, 1.807) is 10.6 Å². The van der Waals surface area contributed by atoms with Gasteiger partial charge in [-0.1, -0.05) is 0 Å². The number of halogens is 1. The van der Waals surface area contributed by atoms with Gasteiger partial charge in [0, 0.05) is 11.9 Å². The minimum Gasteiger partial charge on any atom is -0.298 e. The molecule has 0 atom stereocenters. The average Bonchev–Trinajstić information content (AvgIpc) is 2.47. The van der Waals surface area contributed by atoms with Gasteiger partial charge in [-0.15, -0.1) is 11.8 Å². The Balaban J connectivity index is 2.84. The Kier molecular flexibility index (Phi) is 1.95. The zero-order valence-corrected chi connectivity index (χ0v) is 8.10. The molecule has 0 N–H and O–H groups in total. The number of aromatic nitrogens is 3. The van der Waals surface area contributed by atoms with E-state index in [9.17, 15) is 4.39 Å². The second-order valence-electron chi connectivity index (χ2n) is 2.67. The molecule has 3 nitrogen and oxygen atoms in total. The van der Waals surface area contributed by atoms with Gasteiger partial charge in [0.2, 0.25) is 5.95 Å². The van der Waals surface area contributed by atoms with Crippen molar-refractivity contribution in [1.29, 1.82) is 0 Å². The molecule has 0 aliphatic rings. The molecule has 2 aromatic rings. The lowest BCUT2D eigenvalue weighted by Crippen LogP contribution is -1.95. The van der Waals surface area contributed by atoms with Crippen molar-refractivity contribution in [2.24, 2.45) is 0 Å². The molecule has 5 heteroatoms. The summed E-state index contributed by atoms with van der Waals surface area (Å²) in [5.41, 5.74) is 1.62. The van der Waals surface area contributed by atoms with Crippen molar-refractivity contribution in [3.8, 4) is 0 Å². The first kappa shape index (κ1) is 8.50. The van der Waals surface area contributed by atoms with Gasteiger partial charge >= 0.3 is 0 Å². The molecule has 68 valence electrons. The predicted octanol–water partition coefficient (Wildman–Crippen LogP) is 1.90. The zero-order valence-electron chi connectivity index (χ0n) is 7.28. The van der Waals surface area contributed by atoms with E-state index in [4.69, 9.17) is 0 Å². The lowest BCUT2D eigenvalue weighted by atomic mass is 10.5. The highest BCUT2D eigenvalue weighted by Gasteiger charge is 2.07. The number of fused-ring (bicyclic) bond motifs is 1. The molecular weight excluding hydrogens is 189 g/mol. The van der Waals surface area contributed by atoms with Gasteiger partial charge in [-0.2, -0.15) is 4.39 Å². The normalized spacial score (nSPS) is 11.0. The van der Waals surface area contributed by atoms with Crippen LogP contribution in [0.3, 0.4) is 0 Å². The van der Waals surface area contributed by atoms with Gasteiger partial charge < -0.3 is 0 Å². The van der Waals surface area contributed by atoms with Crippen molar-refractivity contribution >= 4 is 17.4 Å². The van der Waals surface area contributed by atoms with Gasteiger partial charge in [0.25, 0.3) is 0 Å². The van der Waals surface area contributed by atoms with Crippen LogP contribution in [0.4, 0.5) is 4.39 Å². The highest BCUT2D eigenvalue weighted by Crippen LogP contribution is 2.18. The number of hydrogen-bond acceptors (Lipinski definition) is 3. The number of aryl methyl sites for hydroxylation is 1. The first-order valence-corrected chi connectivity index (χ1v) is 4.99. The minimum absolute atomic E-state index is 0.474. The minimum atomic E-state index is -0.474. The molecule has 2 rings (SSSR count). The van der Waals surface area contributed by atoms with Crippen molar-refractivity contribution < 1.29 is 4.39 Å². The largest absolute Gasteiger partial charge is 0.298 e. The summed E-state index contributed by atoms with van der Waals surface area (Å²) >= 11 is 1.39. The molecule has 0 saturated carbocycles. The molecule has 0 bridgehead atoms. The Hall–Kier alpha value is -1.10.